The monoisotopic (exact) mass is 382 g/mol. The second-order valence-electron chi connectivity index (χ2n) is 5.02. The highest BCUT2D eigenvalue weighted by atomic mass is 32.2. The van der Waals surface area contributed by atoms with Gasteiger partial charge in [-0.15, -0.1) is 0 Å². The van der Waals surface area contributed by atoms with Crippen LogP contribution in [-0.2, 0) is 13.9 Å². The molecule has 0 radical (unpaired) electrons. The lowest BCUT2D eigenvalue weighted by Crippen LogP contribution is -2.10. The fourth-order valence-corrected chi connectivity index (χ4v) is 3.23. The van der Waals surface area contributed by atoms with Gasteiger partial charge in [0.25, 0.3) is 0 Å². The van der Waals surface area contributed by atoms with Crippen LogP contribution >= 0.6 is 19.6 Å². The predicted molar refractivity (Wildman–Crippen MR) is 97.5 cm³/mol. The molecule has 0 saturated heterocycles. The van der Waals surface area contributed by atoms with Gasteiger partial charge < -0.3 is 14.5 Å². The Labute approximate surface area is 150 Å². The minimum atomic E-state index is -4.42. The topological polar surface area (TPSA) is 93.1 Å². The molecule has 0 amide bonds. The number of rotatable bonds is 9. The lowest BCUT2D eigenvalue weighted by Gasteiger charge is -2.10. The second kappa shape index (κ2) is 9.75. The highest BCUT2D eigenvalue weighted by Gasteiger charge is 2.13. The van der Waals surface area contributed by atoms with Gasteiger partial charge in [0.15, 0.2) is 0 Å². The molecule has 2 aromatic carbocycles. The smallest absolute Gasteiger partial charge is 0.426 e. The van der Waals surface area contributed by atoms with Crippen molar-refractivity contribution in [2.75, 3.05) is 18.1 Å². The van der Waals surface area contributed by atoms with Crippen LogP contribution in [-0.4, -0.2) is 33.9 Å². The quantitative estimate of drug-likeness (QED) is 0.297. The van der Waals surface area contributed by atoms with Crippen molar-refractivity contribution in [1.29, 1.82) is 0 Å². The Morgan fingerprint density at radius 1 is 1.00 bits per heavy atom. The standard InChI is InChI=1S/C17H19O6PS/c18-17(10-12-25-13-11-22-24(19,20)21)23-16-9-5-4-8-15(16)14-6-2-1-3-7-14/h1-9H,10-13H2,(H2,19,20,21). The molecule has 0 aliphatic heterocycles. The van der Waals surface area contributed by atoms with Gasteiger partial charge in [-0.05, 0) is 11.6 Å². The van der Waals surface area contributed by atoms with E-state index in [-0.39, 0.29) is 19.0 Å². The third-order valence-corrected chi connectivity index (χ3v) is 4.60. The molecule has 2 N–H and O–H groups in total. The molecule has 0 aromatic heterocycles. The zero-order chi connectivity index (χ0) is 18.1. The van der Waals surface area contributed by atoms with E-state index >= 15 is 0 Å². The summed E-state index contributed by atoms with van der Waals surface area (Å²) in [6, 6.07) is 17.0. The van der Waals surface area contributed by atoms with E-state index in [1.165, 1.54) is 11.8 Å². The SMILES string of the molecule is O=C(CCSCCOP(=O)(O)O)Oc1ccccc1-c1ccccc1. The number of esters is 1. The zero-order valence-corrected chi connectivity index (χ0v) is 15.1. The first kappa shape index (κ1) is 19.7. The van der Waals surface area contributed by atoms with Crippen LogP contribution in [0.2, 0.25) is 0 Å². The van der Waals surface area contributed by atoms with Gasteiger partial charge in [0.1, 0.15) is 5.75 Å². The van der Waals surface area contributed by atoms with Gasteiger partial charge in [-0.1, -0.05) is 48.5 Å². The third kappa shape index (κ3) is 7.42. The van der Waals surface area contributed by atoms with Gasteiger partial charge in [-0.25, -0.2) is 4.57 Å². The van der Waals surface area contributed by atoms with Gasteiger partial charge in [0.05, 0.1) is 13.0 Å². The molecule has 0 fully saturated rings. The van der Waals surface area contributed by atoms with Crippen molar-refractivity contribution in [3.05, 3.63) is 54.6 Å². The fourth-order valence-electron chi connectivity index (χ4n) is 2.06. The minimum Gasteiger partial charge on any atom is -0.426 e. The third-order valence-electron chi connectivity index (χ3n) is 3.13. The summed E-state index contributed by atoms with van der Waals surface area (Å²) in [5.74, 6) is 1.02. The van der Waals surface area contributed by atoms with Crippen molar-refractivity contribution in [3.63, 3.8) is 0 Å². The van der Waals surface area contributed by atoms with Crippen molar-refractivity contribution in [2.24, 2.45) is 0 Å². The predicted octanol–water partition coefficient (Wildman–Crippen LogP) is 3.49. The number of carbonyl (C=O) groups is 1. The maximum atomic E-state index is 12.0. The Morgan fingerprint density at radius 2 is 1.68 bits per heavy atom. The van der Waals surface area contributed by atoms with E-state index in [1.54, 1.807) is 6.07 Å². The number of carbonyl (C=O) groups excluding carboxylic acids is 1. The number of ether oxygens (including phenoxy) is 1. The number of hydrogen-bond acceptors (Lipinski definition) is 5. The molecule has 2 rings (SSSR count). The molecule has 0 unspecified atom stereocenters. The van der Waals surface area contributed by atoms with Crippen molar-refractivity contribution in [3.8, 4) is 16.9 Å². The maximum absolute atomic E-state index is 12.0. The Bertz CT molecular complexity index is 731. The summed E-state index contributed by atoms with van der Waals surface area (Å²) in [5, 5.41) is 0. The largest absolute Gasteiger partial charge is 0.469 e. The van der Waals surface area contributed by atoms with Crippen molar-refractivity contribution in [1.82, 2.24) is 0 Å². The molecule has 6 nitrogen and oxygen atoms in total. The first-order chi connectivity index (χ1) is 12.0. The number of phosphoric acid groups is 1. The highest BCUT2D eigenvalue weighted by Crippen LogP contribution is 2.35. The molecule has 0 aliphatic rings. The number of phosphoric ester groups is 1. The van der Waals surface area contributed by atoms with Crippen LogP contribution in [0, 0.1) is 0 Å². The molecule has 0 saturated carbocycles. The van der Waals surface area contributed by atoms with E-state index in [9.17, 15) is 9.36 Å². The van der Waals surface area contributed by atoms with Crippen LogP contribution in [0.15, 0.2) is 54.6 Å². The molecule has 25 heavy (non-hydrogen) atoms. The summed E-state index contributed by atoms with van der Waals surface area (Å²) in [7, 11) is -4.42. The van der Waals surface area contributed by atoms with Crippen molar-refractivity contribution >= 4 is 25.6 Å². The van der Waals surface area contributed by atoms with Crippen molar-refractivity contribution < 1.29 is 28.4 Å². The first-order valence-corrected chi connectivity index (χ1v) is 10.3. The van der Waals surface area contributed by atoms with Crippen LogP contribution in [0.25, 0.3) is 11.1 Å². The van der Waals surface area contributed by atoms with Crippen molar-refractivity contribution in [2.45, 2.75) is 6.42 Å². The Hall–Kier alpha value is -1.63. The summed E-state index contributed by atoms with van der Waals surface area (Å²) >= 11 is 1.36. The summed E-state index contributed by atoms with van der Waals surface area (Å²) in [4.78, 5) is 29.1. The Morgan fingerprint density at radius 3 is 2.40 bits per heavy atom. The minimum absolute atomic E-state index is 0.0686. The second-order valence-corrected chi connectivity index (χ2v) is 7.49. The molecule has 0 atom stereocenters. The maximum Gasteiger partial charge on any atom is 0.469 e. The molecule has 8 heteroatoms. The van der Waals surface area contributed by atoms with Gasteiger partial charge >= 0.3 is 13.8 Å². The van der Waals surface area contributed by atoms with E-state index in [0.717, 1.165) is 11.1 Å². The molecule has 0 heterocycles. The van der Waals surface area contributed by atoms with Crippen LogP contribution in [0.5, 0.6) is 5.75 Å². The van der Waals surface area contributed by atoms with Gasteiger partial charge in [0.2, 0.25) is 0 Å². The van der Waals surface area contributed by atoms with Crippen LogP contribution in [0.1, 0.15) is 6.42 Å². The normalized spacial score (nSPS) is 11.3. The number of benzene rings is 2. The lowest BCUT2D eigenvalue weighted by atomic mass is 10.1. The molecular formula is C17H19O6PS. The molecular weight excluding hydrogens is 363 g/mol. The van der Waals surface area contributed by atoms with Gasteiger partial charge in [0, 0.05) is 17.1 Å². The summed E-state index contributed by atoms with van der Waals surface area (Å²) in [5.41, 5.74) is 1.81. The molecule has 0 aliphatic carbocycles. The number of para-hydroxylation sites is 1. The van der Waals surface area contributed by atoms with Crippen LogP contribution in [0.3, 0.4) is 0 Å². The average Bonchev–Trinajstić information content (AvgIpc) is 2.58. The van der Waals surface area contributed by atoms with Gasteiger partial charge in [-0.2, -0.15) is 11.8 Å². The van der Waals surface area contributed by atoms with Gasteiger partial charge in [-0.3, -0.25) is 9.32 Å². The number of hydrogen-bond donors (Lipinski definition) is 2. The van der Waals surface area contributed by atoms with E-state index in [1.807, 2.05) is 48.5 Å². The molecule has 134 valence electrons. The van der Waals surface area contributed by atoms with E-state index < -0.39 is 7.82 Å². The zero-order valence-electron chi connectivity index (χ0n) is 13.4. The number of thioether (sulfide) groups is 1. The summed E-state index contributed by atoms with van der Waals surface area (Å²) in [6.07, 6.45) is 0.198. The summed E-state index contributed by atoms with van der Waals surface area (Å²) < 4.78 is 20.3. The van der Waals surface area contributed by atoms with Crippen LogP contribution < -0.4 is 4.74 Å². The highest BCUT2D eigenvalue weighted by molar-refractivity contribution is 7.99. The average molecular weight is 382 g/mol. The Kier molecular flexibility index (Phi) is 7.68. The first-order valence-electron chi connectivity index (χ1n) is 7.59. The molecule has 0 bridgehead atoms. The van der Waals surface area contributed by atoms with Crippen LogP contribution in [0.4, 0.5) is 0 Å². The van der Waals surface area contributed by atoms with E-state index in [2.05, 4.69) is 4.52 Å². The van der Waals surface area contributed by atoms with E-state index in [0.29, 0.717) is 17.3 Å². The van der Waals surface area contributed by atoms with E-state index in [4.69, 9.17) is 14.5 Å². The lowest BCUT2D eigenvalue weighted by molar-refractivity contribution is -0.133. The Balaban J connectivity index is 1.81. The molecule has 0 spiro atoms. The summed E-state index contributed by atoms with van der Waals surface area (Å²) in [6.45, 7) is -0.0686. The molecule has 2 aromatic rings. The fraction of sp³-hybridized carbons (Fsp3) is 0.235.